The summed E-state index contributed by atoms with van der Waals surface area (Å²) in [6.07, 6.45) is 0. The molecule has 1 N–H and O–H groups in total. The van der Waals surface area contributed by atoms with Gasteiger partial charge < -0.3 is 9.84 Å². The Bertz CT molecular complexity index is 703. The van der Waals surface area contributed by atoms with Crippen molar-refractivity contribution in [3.8, 4) is 5.75 Å². The van der Waals surface area contributed by atoms with Crippen LogP contribution < -0.4 is 4.74 Å². The van der Waals surface area contributed by atoms with Gasteiger partial charge in [0.15, 0.2) is 0 Å². The van der Waals surface area contributed by atoms with Crippen LogP contribution in [-0.4, -0.2) is 34.7 Å². The molecule has 0 aliphatic carbocycles. The van der Waals surface area contributed by atoms with Gasteiger partial charge in [-0.15, -0.1) is 0 Å². The summed E-state index contributed by atoms with van der Waals surface area (Å²) in [5, 5.41) is 9.30. The Morgan fingerprint density at radius 2 is 1.84 bits per heavy atom. The molecule has 5 heteroatoms. The fraction of sp³-hybridized carbons (Fsp3) is 0.350. The van der Waals surface area contributed by atoms with Gasteiger partial charge in [-0.3, -0.25) is 4.90 Å². The van der Waals surface area contributed by atoms with Crippen molar-refractivity contribution in [3.63, 3.8) is 0 Å². The van der Waals surface area contributed by atoms with Crippen LogP contribution in [0.2, 0.25) is 5.02 Å². The first-order chi connectivity index (χ1) is 11.9. The van der Waals surface area contributed by atoms with Gasteiger partial charge in [-0.25, -0.2) is 4.79 Å². The summed E-state index contributed by atoms with van der Waals surface area (Å²) in [4.78, 5) is 13.3. The third-order valence-corrected chi connectivity index (χ3v) is 4.39. The number of carboxylic acids is 1. The van der Waals surface area contributed by atoms with Gasteiger partial charge in [-0.1, -0.05) is 41.9 Å². The highest BCUT2D eigenvalue weighted by molar-refractivity contribution is 6.32. The summed E-state index contributed by atoms with van der Waals surface area (Å²) >= 11 is 6.13. The molecule has 134 valence electrons. The van der Waals surface area contributed by atoms with E-state index in [2.05, 4.69) is 37.8 Å². The SMILES string of the molecule is CC(C)N(Cc1ccccc1)C(C)COc1ccc(C(=O)O)cc1Cl. The molecule has 25 heavy (non-hydrogen) atoms. The van der Waals surface area contributed by atoms with Crippen molar-refractivity contribution in [2.75, 3.05) is 6.61 Å². The average Bonchev–Trinajstić information content (AvgIpc) is 2.58. The molecule has 1 unspecified atom stereocenters. The minimum Gasteiger partial charge on any atom is -0.490 e. The molecule has 0 saturated carbocycles. The fourth-order valence-electron chi connectivity index (χ4n) is 2.70. The number of aromatic carboxylic acids is 1. The van der Waals surface area contributed by atoms with Crippen molar-refractivity contribution < 1.29 is 14.6 Å². The van der Waals surface area contributed by atoms with Crippen LogP contribution in [0.3, 0.4) is 0 Å². The van der Waals surface area contributed by atoms with Gasteiger partial charge >= 0.3 is 5.97 Å². The van der Waals surface area contributed by atoms with E-state index in [0.29, 0.717) is 23.4 Å². The maximum atomic E-state index is 11.0. The van der Waals surface area contributed by atoms with Crippen LogP contribution in [0.5, 0.6) is 5.75 Å². The molecule has 2 rings (SSSR count). The molecule has 0 aromatic heterocycles. The first-order valence-electron chi connectivity index (χ1n) is 8.33. The van der Waals surface area contributed by atoms with E-state index in [-0.39, 0.29) is 11.6 Å². The molecule has 1 atom stereocenters. The van der Waals surface area contributed by atoms with E-state index >= 15 is 0 Å². The summed E-state index contributed by atoms with van der Waals surface area (Å²) in [5.41, 5.74) is 1.41. The third kappa shape index (κ3) is 5.48. The summed E-state index contributed by atoms with van der Waals surface area (Å²) < 4.78 is 5.84. The number of hydrogen-bond donors (Lipinski definition) is 1. The lowest BCUT2D eigenvalue weighted by molar-refractivity contribution is 0.0696. The van der Waals surface area contributed by atoms with Crippen molar-refractivity contribution in [2.24, 2.45) is 0 Å². The van der Waals surface area contributed by atoms with Gasteiger partial charge in [0.1, 0.15) is 12.4 Å². The molecule has 0 fully saturated rings. The Kier molecular flexibility index (Phi) is 6.85. The van der Waals surface area contributed by atoms with Crippen LogP contribution in [0.1, 0.15) is 36.7 Å². The second-order valence-corrected chi connectivity index (χ2v) is 6.77. The number of ether oxygens (including phenoxy) is 1. The van der Waals surface area contributed by atoms with Gasteiger partial charge in [0.2, 0.25) is 0 Å². The second kappa shape index (κ2) is 8.88. The Morgan fingerprint density at radius 1 is 1.16 bits per heavy atom. The highest BCUT2D eigenvalue weighted by atomic mass is 35.5. The minimum atomic E-state index is -1.00. The lowest BCUT2D eigenvalue weighted by Crippen LogP contribution is -2.41. The zero-order chi connectivity index (χ0) is 18.4. The molecule has 4 nitrogen and oxygen atoms in total. The van der Waals surface area contributed by atoms with E-state index in [1.165, 1.54) is 17.7 Å². The first-order valence-corrected chi connectivity index (χ1v) is 8.71. The van der Waals surface area contributed by atoms with Gasteiger partial charge in [0.25, 0.3) is 0 Å². The molecule has 0 saturated heterocycles. The average molecular weight is 362 g/mol. The number of carboxylic acid groups (broad SMARTS) is 1. The van der Waals surface area contributed by atoms with Gasteiger partial charge in [0.05, 0.1) is 10.6 Å². The van der Waals surface area contributed by atoms with Gasteiger partial charge in [-0.05, 0) is 44.5 Å². The lowest BCUT2D eigenvalue weighted by atomic mass is 10.1. The van der Waals surface area contributed by atoms with Crippen molar-refractivity contribution in [1.29, 1.82) is 0 Å². The third-order valence-electron chi connectivity index (χ3n) is 4.10. The standard InChI is InChI=1S/C20H24ClNO3/c1-14(2)22(12-16-7-5-4-6-8-16)15(3)13-25-19-10-9-17(20(23)24)11-18(19)21/h4-11,14-15H,12-13H2,1-3H3,(H,23,24). The molecular formula is C20H24ClNO3. The summed E-state index contributed by atoms with van der Waals surface area (Å²) in [6.45, 7) is 7.75. The molecular weight excluding hydrogens is 338 g/mol. The maximum absolute atomic E-state index is 11.0. The molecule has 0 aliphatic rings. The Morgan fingerprint density at radius 3 is 2.40 bits per heavy atom. The van der Waals surface area contributed by atoms with Crippen molar-refractivity contribution in [3.05, 3.63) is 64.7 Å². The first kappa shape index (κ1) is 19.3. The lowest BCUT2D eigenvalue weighted by Gasteiger charge is -2.32. The summed E-state index contributed by atoms with van der Waals surface area (Å²) in [6, 6.07) is 15.4. The Hall–Kier alpha value is -2.04. The fourth-order valence-corrected chi connectivity index (χ4v) is 2.93. The number of benzene rings is 2. The van der Waals surface area contributed by atoms with E-state index in [1.807, 2.05) is 18.2 Å². The molecule has 2 aromatic rings. The number of nitrogens with zero attached hydrogens (tertiary/aromatic N) is 1. The van der Waals surface area contributed by atoms with E-state index in [0.717, 1.165) is 6.54 Å². The zero-order valence-corrected chi connectivity index (χ0v) is 15.5. The largest absolute Gasteiger partial charge is 0.490 e. The van der Waals surface area contributed by atoms with E-state index in [1.54, 1.807) is 6.07 Å². The summed E-state index contributed by atoms with van der Waals surface area (Å²) in [5.74, 6) is -0.502. The number of hydrogen-bond acceptors (Lipinski definition) is 3. The predicted molar refractivity (Wildman–Crippen MR) is 100 cm³/mol. The number of rotatable bonds is 8. The predicted octanol–water partition coefficient (Wildman–Crippen LogP) is 4.72. The van der Waals surface area contributed by atoms with Crippen LogP contribution in [-0.2, 0) is 6.54 Å². The minimum absolute atomic E-state index is 0.151. The molecule has 0 spiro atoms. The van der Waals surface area contributed by atoms with Crippen molar-refractivity contribution in [2.45, 2.75) is 39.4 Å². The highest BCUT2D eigenvalue weighted by Crippen LogP contribution is 2.26. The normalized spacial score (nSPS) is 12.4. The molecule has 2 aromatic carbocycles. The van der Waals surface area contributed by atoms with Crippen LogP contribution >= 0.6 is 11.6 Å². The Labute approximate surface area is 154 Å². The maximum Gasteiger partial charge on any atom is 0.335 e. The topological polar surface area (TPSA) is 49.8 Å². The number of carbonyl (C=O) groups is 1. The molecule has 0 radical (unpaired) electrons. The quantitative estimate of drug-likeness (QED) is 0.739. The molecule has 0 amide bonds. The Balaban J connectivity index is 2.01. The van der Waals surface area contributed by atoms with Crippen LogP contribution in [0.25, 0.3) is 0 Å². The van der Waals surface area contributed by atoms with E-state index < -0.39 is 5.97 Å². The summed E-state index contributed by atoms with van der Waals surface area (Å²) in [7, 11) is 0. The molecule has 0 bridgehead atoms. The van der Waals surface area contributed by atoms with E-state index in [9.17, 15) is 4.79 Å². The molecule has 0 heterocycles. The van der Waals surface area contributed by atoms with Crippen LogP contribution in [0.4, 0.5) is 0 Å². The van der Waals surface area contributed by atoms with Gasteiger partial charge in [-0.2, -0.15) is 0 Å². The monoisotopic (exact) mass is 361 g/mol. The van der Waals surface area contributed by atoms with Gasteiger partial charge in [0, 0.05) is 18.6 Å². The van der Waals surface area contributed by atoms with Crippen LogP contribution in [0, 0.1) is 0 Å². The highest BCUT2D eigenvalue weighted by Gasteiger charge is 2.19. The second-order valence-electron chi connectivity index (χ2n) is 6.36. The smallest absolute Gasteiger partial charge is 0.335 e. The van der Waals surface area contributed by atoms with E-state index in [4.69, 9.17) is 21.4 Å². The number of halogens is 1. The van der Waals surface area contributed by atoms with Crippen molar-refractivity contribution >= 4 is 17.6 Å². The van der Waals surface area contributed by atoms with Crippen molar-refractivity contribution in [1.82, 2.24) is 4.90 Å². The molecule has 0 aliphatic heterocycles. The zero-order valence-electron chi connectivity index (χ0n) is 14.8. The van der Waals surface area contributed by atoms with Crippen LogP contribution in [0.15, 0.2) is 48.5 Å².